The fourth-order valence-corrected chi connectivity index (χ4v) is 4.29. The summed E-state index contributed by atoms with van der Waals surface area (Å²) in [7, 11) is 3.14. The lowest BCUT2D eigenvalue weighted by Gasteiger charge is -2.30. The molecule has 180 valence electrons. The first-order chi connectivity index (χ1) is 15.6. The van der Waals surface area contributed by atoms with Crippen LogP contribution in [0.15, 0.2) is 46.2 Å². The molecular weight excluding hydrogens is 418 g/mol. The second-order valence-electron chi connectivity index (χ2n) is 9.64. The largest absolute Gasteiger partial charge is 0.390 e. The van der Waals surface area contributed by atoms with Crippen LogP contribution in [0.3, 0.4) is 0 Å². The Balaban J connectivity index is 1.76. The van der Waals surface area contributed by atoms with Crippen molar-refractivity contribution in [1.29, 1.82) is 0 Å². The Labute approximate surface area is 195 Å². The van der Waals surface area contributed by atoms with E-state index in [1.807, 2.05) is 24.5 Å². The molecule has 33 heavy (non-hydrogen) atoms. The SMILES string of the molecule is CC(CCCC(C)(C)O)N(CCc1ccccc1)CCn1cnc2c1c(=O)n(C)c(=O)n2C. The van der Waals surface area contributed by atoms with Crippen molar-refractivity contribution in [2.24, 2.45) is 14.1 Å². The number of hydrogen-bond donors (Lipinski definition) is 1. The number of benzene rings is 1. The van der Waals surface area contributed by atoms with Crippen molar-refractivity contribution in [2.75, 3.05) is 13.1 Å². The molecule has 0 aliphatic rings. The maximum Gasteiger partial charge on any atom is 0.332 e. The van der Waals surface area contributed by atoms with Crippen LogP contribution in [-0.2, 0) is 27.1 Å². The molecule has 3 aromatic rings. The third kappa shape index (κ3) is 6.21. The molecule has 1 N–H and O–H groups in total. The number of fused-ring (bicyclic) bond motifs is 1. The Bertz CT molecular complexity index is 1170. The van der Waals surface area contributed by atoms with Crippen molar-refractivity contribution in [3.8, 4) is 0 Å². The third-order valence-corrected chi connectivity index (χ3v) is 6.41. The van der Waals surface area contributed by atoms with Crippen LogP contribution in [0.2, 0.25) is 0 Å². The van der Waals surface area contributed by atoms with Crippen molar-refractivity contribution in [3.05, 3.63) is 63.1 Å². The molecule has 0 saturated heterocycles. The maximum absolute atomic E-state index is 12.8. The molecule has 2 heterocycles. The van der Waals surface area contributed by atoms with E-state index in [4.69, 9.17) is 0 Å². The zero-order valence-electron chi connectivity index (χ0n) is 20.5. The van der Waals surface area contributed by atoms with Gasteiger partial charge in [-0.25, -0.2) is 9.78 Å². The standard InChI is InChI=1S/C25H37N5O3/c1-19(10-9-14-25(2,3)33)29(15-13-20-11-7-6-8-12-20)16-17-30-18-26-22-21(30)23(31)28(5)24(32)27(22)4/h6-8,11-12,18-19,33H,9-10,13-17H2,1-5H3. The maximum atomic E-state index is 12.8. The van der Waals surface area contributed by atoms with E-state index in [9.17, 15) is 14.7 Å². The first-order valence-electron chi connectivity index (χ1n) is 11.7. The van der Waals surface area contributed by atoms with E-state index in [-0.39, 0.29) is 11.2 Å². The molecule has 1 atom stereocenters. The molecule has 0 saturated carbocycles. The molecule has 0 fully saturated rings. The van der Waals surface area contributed by atoms with Crippen LogP contribution in [0.4, 0.5) is 0 Å². The van der Waals surface area contributed by atoms with Gasteiger partial charge in [-0.1, -0.05) is 30.3 Å². The number of imidazole rings is 1. The van der Waals surface area contributed by atoms with Gasteiger partial charge in [0.05, 0.1) is 11.9 Å². The minimum absolute atomic E-state index is 0.320. The van der Waals surface area contributed by atoms with Gasteiger partial charge in [0.2, 0.25) is 0 Å². The third-order valence-electron chi connectivity index (χ3n) is 6.41. The number of aliphatic hydroxyl groups is 1. The van der Waals surface area contributed by atoms with E-state index in [1.165, 1.54) is 17.2 Å². The van der Waals surface area contributed by atoms with Gasteiger partial charge in [0.25, 0.3) is 5.56 Å². The van der Waals surface area contributed by atoms with E-state index in [0.29, 0.717) is 23.8 Å². The quantitative estimate of drug-likeness (QED) is 0.480. The van der Waals surface area contributed by atoms with Crippen LogP contribution in [0.5, 0.6) is 0 Å². The minimum atomic E-state index is -0.652. The Morgan fingerprint density at radius 3 is 2.45 bits per heavy atom. The lowest BCUT2D eigenvalue weighted by atomic mass is 9.99. The highest BCUT2D eigenvalue weighted by molar-refractivity contribution is 5.69. The average molecular weight is 456 g/mol. The second kappa shape index (κ2) is 10.5. The molecule has 0 amide bonds. The topological polar surface area (TPSA) is 85.3 Å². The van der Waals surface area contributed by atoms with Gasteiger partial charge < -0.3 is 9.67 Å². The number of rotatable bonds is 11. The van der Waals surface area contributed by atoms with Gasteiger partial charge in [-0.05, 0) is 52.0 Å². The highest BCUT2D eigenvalue weighted by atomic mass is 16.3. The monoisotopic (exact) mass is 455 g/mol. The molecule has 3 rings (SSSR count). The minimum Gasteiger partial charge on any atom is -0.390 e. The van der Waals surface area contributed by atoms with Crippen LogP contribution >= 0.6 is 0 Å². The average Bonchev–Trinajstić information content (AvgIpc) is 3.20. The predicted molar refractivity (Wildman–Crippen MR) is 132 cm³/mol. The smallest absolute Gasteiger partial charge is 0.332 e. The lowest BCUT2D eigenvalue weighted by Crippen LogP contribution is -2.39. The molecule has 0 bridgehead atoms. The summed E-state index contributed by atoms with van der Waals surface area (Å²) in [6.07, 6.45) is 5.29. The first kappa shape index (κ1) is 24.9. The van der Waals surface area contributed by atoms with Crippen molar-refractivity contribution >= 4 is 11.2 Å². The van der Waals surface area contributed by atoms with Gasteiger partial charge in [-0.2, -0.15) is 0 Å². The predicted octanol–water partition coefficient (Wildman–Crippen LogP) is 2.31. The van der Waals surface area contributed by atoms with E-state index in [2.05, 4.69) is 41.1 Å². The Morgan fingerprint density at radius 2 is 1.79 bits per heavy atom. The van der Waals surface area contributed by atoms with E-state index >= 15 is 0 Å². The van der Waals surface area contributed by atoms with Gasteiger partial charge in [0.1, 0.15) is 0 Å². The van der Waals surface area contributed by atoms with E-state index in [0.717, 1.165) is 43.3 Å². The summed E-state index contributed by atoms with van der Waals surface area (Å²) in [6.45, 7) is 8.19. The molecule has 1 aromatic carbocycles. The molecule has 0 aliphatic carbocycles. The van der Waals surface area contributed by atoms with E-state index in [1.54, 1.807) is 13.4 Å². The fraction of sp³-hybridized carbons (Fsp3) is 0.560. The summed E-state index contributed by atoms with van der Waals surface area (Å²) < 4.78 is 4.41. The zero-order chi connectivity index (χ0) is 24.2. The number of aromatic nitrogens is 4. The Hall–Kier alpha value is -2.71. The second-order valence-corrected chi connectivity index (χ2v) is 9.64. The summed E-state index contributed by atoms with van der Waals surface area (Å²) in [6, 6.07) is 10.8. The van der Waals surface area contributed by atoms with E-state index < -0.39 is 5.60 Å². The van der Waals surface area contributed by atoms with Gasteiger partial charge in [0, 0.05) is 39.8 Å². The Morgan fingerprint density at radius 1 is 1.09 bits per heavy atom. The molecule has 0 spiro atoms. The molecule has 8 nitrogen and oxygen atoms in total. The fourth-order valence-electron chi connectivity index (χ4n) is 4.29. The molecule has 0 radical (unpaired) electrons. The van der Waals surface area contributed by atoms with Gasteiger partial charge in [-0.15, -0.1) is 0 Å². The van der Waals surface area contributed by atoms with Crippen LogP contribution in [-0.4, -0.2) is 53.4 Å². The molecular formula is C25H37N5O3. The lowest BCUT2D eigenvalue weighted by molar-refractivity contribution is 0.0649. The molecule has 0 aliphatic heterocycles. The zero-order valence-corrected chi connectivity index (χ0v) is 20.5. The highest BCUT2D eigenvalue weighted by Crippen LogP contribution is 2.17. The summed E-state index contributed by atoms with van der Waals surface area (Å²) >= 11 is 0. The van der Waals surface area contributed by atoms with Crippen molar-refractivity contribution in [1.82, 2.24) is 23.6 Å². The van der Waals surface area contributed by atoms with Gasteiger partial charge in [0.15, 0.2) is 11.2 Å². The van der Waals surface area contributed by atoms with Crippen molar-refractivity contribution in [3.63, 3.8) is 0 Å². The molecule has 2 aromatic heterocycles. The first-order valence-corrected chi connectivity index (χ1v) is 11.7. The number of hydrogen-bond acceptors (Lipinski definition) is 5. The molecule has 8 heteroatoms. The summed E-state index contributed by atoms with van der Waals surface area (Å²) in [5.41, 5.74) is 0.820. The van der Waals surface area contributed by atoms with Gasteiger partial charge in [-0.3, -0.25) is 18.8 Å². The van der Waals surface area contributed by atoms with Crippen molar-refractivity contribution in [2.45, 2.75) is 64.6 Å². The Kier molecular flexibility index (Phi) is 7.92. The van der Waals surface area contributed by atoms with Crippen molar-refractivity contribution < 1.29 is 5.11 Å². The summed E-state index contributed by atoms with van der Waals surface area (Å²) in [4.78, 5) is 31.7. The van der Waals surface area contributed by atoms with Crippen LogP contribution in [0.1, 0.15) is 45.6 Å². The highest BCUT2D eigenvalue weighted by Gasteiger charge is 2.19. The van der Waals surface area contributed by atoms with Crippen LogP contribution in [0.25, 0.3) is 11.2 Å². The summed E-state index contributed by atoms with van der Waals surface area (Å²) in [5.74, 6) is 0. The normalized spacial score (nSPS) is 13.2. The number of aryl methyl sites for hydroxylation is 1. The van der Waals surface area contributed by atoms with Gasteiger partial charge >= 0.3 is 5.69 Å². The van der Waals surface area contributed by atoms with Crippen LogP contribution in [0, 0.1) is 0 Å². The molecule has 1 unspecified atom stereocenters. The van der Waals surface area contributed by atoms with Crippen LogP contribution < -0.4 is 11.2 Å². The number of nitrogens with zero attached hydrogens (tertiary/aromatic N) is 5. The summed E-state index contributed by atoms with van der Waals surface area (Å²) in [5, 5.41) is 10.1.